The van der Waals surface area contributed by atoms with E-state index in [0.29, 0.717) is 28.7 Å². The number of nitrogens with zero attached hydrogens (tertiary/aromatic N) is 2. The summed E-state index contributed by atoms with van der Waals surface area (Å²) in [6, 6.07) is 11.1. The lowest BCUT2D eigenvalue weighted by atomic mass is 10.2. The van der Waals surface area contributed by atoms with E-state index in [-0.39, 0.29) is 5.56 Å². The number of amides is 2. The number of methoxy groups -OCH3 is 1. The van der Waals surface area contributed by atoms with Gasteiger partial charge in [-0.25, -0.2) is 4.98 Å². The summed E-state index contributed by atoms with van der Waals surface area (Å²) >= 11 is 5.88. The number of halogens is 1. The Balaban J connectivity index is 1.55. The van der Waals surface area contributed by atoms with Crippen molar-refractivity contribution in [1.82, 2.24) is 20.4 Å². The van der Waals surface area contributed by atoms with Crippen LogP contribution in [0.3, 0.4) is 0 Å². The van der Waals surface area contributed by atoms with Crippen LogP contribution in [0.5, 0.6) is 11.5 Å². The summed E-state index contributed by atoms with van der Waals surface area (Å²) in [5, 5.41) is 0.438. The summed E-state index contributed by atoms with van der Waals surface area (Å²) in [5.74, 6) is 0.689. The molecule has 2 amide bonds. The first-order valence-electron chi connectivity index (χ1n) is 8.61. The summed E-state index contributed by atoms with van der Waals surface area (Å²) in [4.78, 5) is 28.7. The molecule has 2 aromatic carbocycles. The lowest BCUT2D eigenvalue weighted by molar-refractivity contribution is 0.0845. The molecule has 150 valence electrons. The van der Waals surface area contributed by atoms with Crippen molar-refractivity contribution >= 4 is 23.4 Å². The van der Waals surface area contributed by atoms with Gasteiger partial charge >= 0.3 is 0 Å². The van der Waals surface area contributed by atoms with Crippen LogP contribution in [0.15, 0.2) is 54.9 Å². The van der Waals surface area contributed by atoms with Crippen molar-refractivity contribution < 1.29 is 19.1 Å². The smallest absolute Gasteiger partial charge is 0.273 e. The minimum absolute atomic E-state index is 0.246. The lowest BCUT2D eigenvalue weighted by Crippen LogP contribution is -2.41. The van der Waals surface area contributed by atoms with Crippen molar-refractivity contribution in [3.05, 3.63) is 76.8 Å². The second-order valence-electron chi connectivity index (χ2n) is 6.02. The number of benzene rings is 2. The number of aryl methyl sites for hydroxylation is 1. The highest BCUT2D eigenvalue weighted by Crippen LogP contribution is 2.22. The Morgan fingerprint density at radius 3 is 2.48 bits per heavy atom. The summed E-state index contributed by atoms with van der Waals surface area (Å²) in [7, 11) is 3.31. The monoisotopic (exact) mass is 414 g/mol. The van der Waals surface area contributed by atoms with Crippen LogP contribution in [-0.4, -0.2) is 28.5 Å². The number of hydrogen-bond donors (Lipinski definition) is 2. The summed E-state index contributed by atoms with van der Waals surface area (Å²) in [6.07, 6.45) is 3.53. The highest BCUT2D eigenvalue weighted by atomic mass is 35.5. The van der Waals surface area contributed by atoms with Gasteiger partial charge < -0.3 is 14.0 Å². The highest BCUT2D eigenvalue weighted by molar-refractivity contribution is 6.30. The van der Waals surface area contributed by atoms with E-state index in [0.717, 1.165) is 5.82 Å². The van der Waals surface area contributed by atoms with Gasteiger partial charge in [0.25, 0.3) is 11.8 Å². The van der Waals surface area contributed by atoms with Gasteiger partial charge in [0.05, 0.1) is 12.7 Å². The molecule has 8 nitrogen and oxygen atoms in total. The number of rotatable bonds is 6. The Hall–Kier alpha value is -3.52. The first-order chi connectivity index (χ1) is 14.0. The Kier molecular flexibility index (Phi) is 6.36. The van der Waals surface area contributed by atoms with Crippen molar-refractivity contribution in [3.8, 4) is 11.5 Å². The molecule has 3 rings (SSSR count). The minimum Gasteiger partial charge on any atom is -0.496 e. The van der Waals surface area contributed by atoms with E-state index in [1.165, 1.54) is 19.2 Å². The third-order valence-electron chi connectivity index (χ3n) is 4.10. The molecule has 2 N–H and O–H groups in total. The van der Waals surface area contributed by atoms with Gasteiger partial charge in [-0.1, -0.05) is 11.6 Å². The molecule has 0 atom stereocenters. The van der Waals surface area contributed by atoms with Crippen LogP contribution < -0.4 is 20.3 Å². The summed E-state index contributed by atoms with van der Waals surface area (Å²) in [6.45, 7) is 0.314. The number of carbonyl (C=O) groups is 2. The largest absolute Gasteiger partial charge is 0.496 e. The number of carbonyl (C=O) groups excluding carboxylic acids is 2. The maximum atomic E-state index is 12.3. The Morgan fingerprint density at radius 1 is 1.10 bits per heavy atom. The number of aromatic nitrogens is 2. The Labute approximate surface area is 172 Å². The molecule has 0 unspecified atom stereocenters. The number of hydrazine groups is 1. The molecular formula is C20H19ClN4O4. The summed E-state index contributed by atoms with van der Waals surface area (Å²) < 4.78 is 12.6. The Bertz CT molecular complexity index is 1020. The molecule has 0 aliphatic heterocycles. The van der Waals surface area contributed by atoms with Gasteiger partial charge in [-0.05, 0) is 42.5 Å². The van der Waals surface area contributed by atoms with Gasteiger partial charge in [0.1, 0.15) is 23.9 Å². The van der Waals surface area contributed by atoms with Gasteiger partial charge in [0, 0.05) is 30.0 Å². The van der Waals surface area contributed by atoms with E-state index in [2.05, 4.69) is 15.8 Å². The molecule has 0 fully saturated rings. The number of nitrogens with one attached hydrogen (secondary N) is 2. The predicted octanol–water partition coefficient (Wildman–Crippen LogP) is 2.74. The number of ether oxygens (including phenoxy) is 2. The van der Waals surface area contributed by atoms with Crippen LogP contribution in [0.25, 0.3) is 0 Å². The SMILES string of the molecule is COc1cc(Cl)ccc1C(=O)NNC(=O)c1ccc(OCc2nccn2C)cc1. The fourth-order valence-electron chi connectivity index (χ4n) is 2.49. The summed E-state index contributed by atoms with van der Waals surface area (Å²) in [5.41, 5.74) is 5.32. The first kappa shape index (κ1) is 20.2. The van der Waals surface area contributed by atoms with Crippen LogP contribution in [0, 0.1) is 0 Å². The van der Waals surface area contributed by atoms with Gasteiger partial charge in [0.15, 0.2) is 0 Å². The van der Waals surface area contributed by atoms with E-state index in [4.69, 9.17) is 21.1 Å². The molecule has 0 spiro atoms. The average molecular weight is 415 g/mol. The zero-order chi connectivity index (χ0) is 20.8. The van der Waals surface area contributed by atoms with Crippen LogP contribution in [-0.2, 0) is 13.7 Å². The standard InChI is InChI=1S/C20H19ClN4O4/c1-25-10-9-22-18(25)12-29-15-6-3-13(4-7-15)19(26)23-24-20(27)16-8-5-14(21)11-17(16)28-2/h3-11H,12H2,1-2H3,(H,23,26)(H,24,27). The quantitative estimate of drug-likeness (QED) is 0.605. The minimum atomic E-state index is -0.526. The van der Waals surface area contributed by atoms with Crippen LogP contribution in [0.2, 0.25) is 5.02 Å². The van der Waals surface area contributed by atoms with Gasteiger partial charge in [-0.2, -0.15) is 0 Å². The first-order valence-corrected chi connectivity index (χ1v) is 8.99. The molecule has 0 radical (unpaired) electrons. The van der Waals surface area contributed by atoms with E-state index >= 15 is 0 Å². The third kappa shape index (κ3) is 5.05. The third-order valence-corrected chi connectivity index (χ3v) is 4.34. The van der Waals surface area contributed by atoms with Crippen LogP contribution in [0.4, 0.5) is 0 Å². The highest BCUT2D eigenvalue weighted by Gasteiger charge is 2.14. The molecular weight excluding hydrogens is 396 g/mol. The number of hydrogen-bond acceptors (Lipinski definition) is 5. The van der Waals surface area contributed by atoms with E-state index in [1.807, 2.05) is 17.8 Å². The maximum absolute atomic E-state index is 12.3. The van der Waals surface area contributed by atoms with Crippen molar-refractivity contribution in [2.24, 2.45) is 7.05 Å². The van der Waals surface area contributed by atoms with E-state index in [9.17, 15) is 9.59 Å². The zero-order valence-electron chi connectivity index (χ0n) is 15.8. The van der Waals surface area contributed by atoms with Crippen molar-refractivity contribution in [1.29, 1.82) is 0 Å². The molecule has 29 heavy (non-hydrogen) atoms. The molecule has 0 saturated heterocycles. The molecule has 0 bridgehead atoms. The van der Waals surface area contributed by atoms with Crippen molar-refractivity contribution in [2.75, 3.05) is 7.11 Å². The van der Waals surface area contributed by atoms with E-state index in [1.54, 1.807) is 36.5 Å². The molecule has 0 saturated carbocycles. The van der Waals surface area contributed by atoms with E-state index < -0.39 is 11.8 Å². The Morgan fingerprint density at radius 2 is 1.83 bits per heavy atom. The van der Waals surface area contributed by atoms with Gasteiger partial charge in [0.2, 0.25) is 0 Å². The van der Waals surface area contributed by atoms with Crippen molar-refractivity contribution in [2.45, 2.75) is 6.61 Å². The molecule has 1 aromatic heterocycles. The maximum Gasteiger partial charge on any atom is 0.273 e. The fourth-order valence-corrected chi connectivity index (χ4v) is 2.65. The average Bonchev–Trinajstić information content (AvgIpc) is 3.15. The normalized spacial score (nSPS) is 10.3. The van der Waals surface area contributed by atoms with Gasteiger partial charge in [-0.3, -0.25) is 20.4 Å². The van der Waals surface area contributed by atoms with Crippen molar-refractivity contribution in [3.63, 3.8) is 0 Å². The molecule has 0 aliphatic rings. The fraction of sp³-hybridized carbons (Fsp3) is 0.150. The second-order valence-corrected chi connectivity index (χ2v) is 6.46. The molecule has 1 heterocycles. The van der Waals surface area contributed by atoms with Crippen LogP contribution in [0.1, 0.15) is 26.5 Å². The molecule has 9 heteroatoms. The predicted molar refractivity (Wildman–Crippen MR) is 107 cm³/mol. The second kappa shape index (κ2) is 9.11. The van der Waals surface area contributed by atoms with Gasteiger partial charge in [-0.15, -0.1) is 0 Å². The van der Waals surface area contributed by atoms with Crippen LogP contribution >= 0.6 is 11.6 Å². The molecule has 3 aromatic rings. The zero-order valence-corrected chi connectivity index (χ0v) is 16.6. The molecule has 0 aliphatic carbocycles. The topological polar surface area (TPSA) is 94.5 Å². The number of imidazole rings is 1. The lowest BCUT2D eigenvalue weighted by Gasteiger charge is -2.11.